The predicted octanol–water partition coefficient (Wildman–Crippen LogP) is 1.45. The van der Waals surface area contributed by atoms with Gasteiger partial charge in [-0.15, -0.1) is 11.3 Å². The normalized spacial score (nSPS) is 17.7. The molecule has 0 aliphatic carbocycles. The largest absolute Gasteiger partial charge is 0.385 e. The number of carbonyl (C=O) groups is 1. The van der Waals surface area contributed by atoms with Gasteiger partial charge >= 0.3 is 0 Å². The lowest BCUT2D eigenvalue weighted by Crippen LogP contribution is -2.63. The van der Waals surface area contributed by atoms with Crippen LogP contribution in [0.1, 0.15) is 16.8 Å². The molecule has 1 aliphatic heterocycles. The van der Waals surface area contributed by atoms with Crippen LogP contribution < -0.4 is 0 Å². The number of hydrogen-bond donors (Lipinski definition) is 1. The standard InChI is InChI=1S/C10H9IN2O2S/c11-8-3-7(4-16-8)9(14)13-5-10(15,6-13)1-2-12/h3-4,15H,1,5-6H2. The molecule has 6 heteroatoms. The highest BCUT2D eigenvalue weighted by Crippen LogP contribution is 2.27. The number of hydrogen-bond acceptors (Lipinski definition) is 4. The van der Waals surface area contributed by atoms with Gasteiger partial charge in [-0.25, -0.2) is 0 Å². The summed E-state index contributed by atoms with van der Waals surface area (Å²) in [5, 5.41) is 20.1. The second-order valence-electron chi connectivity index (χ2n) is 3.86. The third kappa shape index (κ3) is 2.21. The SMILES string of the molecule is N#CCC1(O)CN(C(=O)c2csc(I)c2)C1. The summed E-state index contributed by atoms with van der Waals surface area (Å²) in [5.74, 6) is -0.0678. The molecule has 1 fully saturated rings. The quantitative estimate of drug-likeness (QED) is 0.823. The third-order valence-corrected chi connectivity index (χ3v) is 4.27. The van der Waals surface area contributed by atoms with Gasteiger partial charge in [-0.05, 0) is 28.7 Å². The summed E-state index contributed by atoms with van der Waals surface area (Å²) >= 11 is 3.68. The zero-order chi connectivity index (χ0) is 11.8. The lowest BCUT2D eigenvalue weighted by atomic mass is 9.90. The number of rotatable bonds is 2. The first-order valence-electron chi connectivity index (χ1n) is 4.67. The highest BCUT2D eigenvalue weighted by Gasteiger charge is 2.43. The first kappa shape index (κ1) is 11.8. The summed E-state index contributed by atoms with van der Waals surface area (Å²) < 4.78 is 1.06. The second-order valence-corrected chi connectivity index (χ2v) is 6.67. The molecule has 1 aromatic rings. The van der Waals surface area contributed by atoms with Crippen molar-refractivity contribution in [3.05, 3.63) is 19.9 Å². The predicted molar refractivity (Wildman–Crippen MR) is 68.1 cm³/mol. The molecule has 1 aromatic heterocycles. The van der Waals surface area contributed by atoms with Crippen LogP contribution in [0.15, 0.2) is 11.4 Å². The van der Waals surface area contributed by atoms with Gasteiger partial charge in [-0.3, -0.25) is 4.79 Å². The van der Waals surface area contributed by atoms with E-state index in [1.54, 1.807) is 4.90 Å². The number of halogens is 1. The molecule has 84 valence electrons. The average molecular weight is 348 g/mol. The van der Waals surface area contributed by atoms with Crippen LogP contribution in [0, 0.1) is 14.2 Å². The van der Waals surface area contributed by atoms with Crippen molar-refractivity contribution in [2.45, 2.75) is 12.0 Å². The molecule has 16 heavy (non-hydrogen) atoms. The van der Waals surface area contributed by atoms with Gasteiger partial charge in [-0.2, -0.15) is 5.26 Å². The maximum Gasteiger partial charge on any atom is 0.254 e. The van der Waals surface area contributed by atoms with Crippen molar-refractivity contribution >= 4 is 39.8 Å². The van der Waals surface area contributed by atoms with Gasteiger partial charge in [0.1, 0.15) is 5.60 Å². The molecule has 0 saturated carbocycles. The Morgan fingerprint density at radius 3 is 2.94 bits per heavy atom. The summed E-state index contributed by atoms with van der Waals surface area (Å²) in [6.45, 7) is 0.512. The highest BCUT2D eigenvalue weighted by atomic mass is 127. The van der Waals surface area contributed by atoms with Crippen molar-refractivity contribution in [1.82, 2.24) is 4.90 Å². The van der Waals surface area contributed by atoms with E-state index in [4.69, 9.17) is 5.26 Å². The van der Waals surface area contributed by atoms with E-state index in [1.165, 1.54) is 11.3 Å². The van der Waals surface area contributed by atoms with Gasteiger partial charge in [0.25, 0.3) is 5.91 Å². The van der Waals surface area contributed by atoms with Crippen molar-refractivity contribution in [1.29, 1.82) is 5.26 Å². The molecule has 0 radical (unpaired) electrons. The van der Waals surface area contributed by atoms with Crippen molar-refractivity contribution in [3.63, 3.8) is 0 Å². The molecule has 0 aromatic carbocycles. The number of carbonyl (C=O) groups excluding carboxylic acids is 1. The number of thiophene rings is 1. The minimum absolute atomic E-state index is 0.0678. The van der Waals surface area contributed by atoms with Gasteiger partial charge in [0.05, 0.1) is 34.0 Å². The van der Waals surface area contributed by atoms with Crippen LogP contribution in [0.5, 0.6) is 0 Å². The van der Waals surface area contributed by atoms with E-state index in [2.05, 4.69) is 22.6 Å². The molecule has 2 rings (SSSR count). The zero-order valence-corrected chi connectivity index (χ0v) is 11.3. The smallest absolute Gasteiger partial charge is 0.254 e. The van der Waals surface area contributed by atoms with Crippen molar-refractivity contribution in [3.8, 4) is 6.07 Å². The van der Waals surface area contributed by atoms with Crippen LogP contribution in [0.2, 0.25) is 0 Å². The zero-order valence-electron chi connectivity index (χ0n) is 8.31. The molecule has 0 atom stereocenters. The fourth-order valence-corrected chi connectivity index (χ4v) is 2.99. The van der Waals surface area contributed by atoms with E-state index < -0.39 is 5.60 Å². The Hall–Kier alpha value is -0.650. The Morgan fingerprint density at radius 2 is 2.44 bits per heavy atom. The monoisotopic (exact) mass is 348 g/mol. The Morgan fingerprint density at radius 1 is 1.75 bits per heavy atom. The number of amides is 1. The second kappa shape index (κ2) is 4.31. The van der Waals surface area contributed by atoms with E-state index >= 15 is 0 Å². The Bertz CT molecular complexity index is 460. The number of aliphatic hydroxyl groups is 1. The lowest BCUT2D eigenvalue weighted by molar-refractivity contribution is -0.0770. The fourth-order valence-electron chi connectivity index (χ4n) is 1.67. The van der Waals surface area contributed by atoms with E-state index in [0.29, 0.717) is 5.56 Å². The summed E-state index contributed by atoms with van der Waals surface area (Å²) in [6.07, 6.45) is 0.0813. The van der Waals surface area contributed by atoms with Crippen LogP contribution in [0.25, 0.3) is 0 Å². The fraction of sp³-hybridized carbons (Fsp3) is 0.400. The topological polar surface area (TPSA) is 64.3 Å². The first-order chi connectivity index (χ1) is 7.54. The van der Waals surface area contributed by atoms with E-state index in [1.807, 2.05) is 17.5 Å². The van der Waals surface area contributed by atoms with Crippen molar-refractivity contribution in [2.75, 3.05) is 13.1 Å². The minimum atomic E-state index is -0.992. The molecule has 1 amide bonds. The molecule has 0 spiro atoms. The van der Waals surface area contributed by atoms with Crippen LogP contribution in [-0.4, -0.2) is 34.6 Å². The van der Waals surface area contributed by atoms with E-state index in [9.17, 15) is 9.90 Å². The number of likely N-dealkylation sites (tertiary alicyclic amines) is 1. The van der Waals surface area contributed by atoms with Gasteiger partial charge in [-0.1, -0.05) is 0 Å². The number of nitrogens with zero attached hydrogens (tertiary/aromatic N) is 2. The molecule has 1 N–H and O–H groups in total. The maximum atomic E-state index is 11.9. The molecular formula is C10H9IN2O2S. The highest BCUT2D eigenvalue weighted by molar-refractivity contribution is 14.1. The number of nitriles is 1. The molecule has 1 aliphatic rings. The summed E-state index contributed by atoms with van der Waals surface area (Å²) in [6, 6.07) is 3.75. The molecule has 2 heterocycles. The Kier molecular flexibility index (Phi) is 3.19. The maximum absolute atomic E-state index is 11.9. The summed E-state index contributed by atoms with van der Waals surface area (Å²) in [4.78, 5) is 13.4. The molecular weight excluding hydrogens is 339 g/mol. The van der Waals surface area contributed by atoms with Crippen molar-refractivity contribution < 1.29 is 9.90 Å². The van der Waals surface area contributed by atoms with Crippen LogP contribution in [0.3, 0.4) is 0 Å². The Balaban J connectivity index is 1.98. The average Bonchev–Trinajstić information content (AvgIpc) is 2.60. The minimum Gasteiger partial charge on any atom is -0.385 e. The molecule has 0 bridgehead atoms. The van der Waals surface area contributed by atoms with Crippen molar-refractivity contribution in [2.24, 2.45) is 0 Å². The van der Waals surface area contributed by atoms with Gasteiger partial charge in [0.2, 0.25) is 0 Å². The van der Waals surface area contributed by atoms with Crippen LogP contribution in [-0.2, 0) is 0 Å². The summed E-state index contributed by atoms with van der Waals surface area (Å²) in [5.41, 5.74) is -0.332. The number of β-amino-alcohol motifs (C(OH)–C–C–N with tert-alkyl or cyclic N) is 1. The van der Waals surface area contributed by atoms with E-state index in [0.717, 1.165) is 2.88 Å². The Labute approximate surface area is 111 Å². The van der Waals surface area contributed by atoms with Crippen LogP contribution in [0.4, 0.5) is 0 Å². The molecule has 4 nitrogen and oxygen atoms in total. The van der Waals surface area contributed by atoms with Gasteiger partial charge in [0, 0.05) is 5.38 Å². The molecule has 1 saturated heterocycles. The first-order valence-corrected chi connectivity index (χ1v) is 6.62. The van der Waals surface area contributed by atoms with Crippen LogP contribution >= 0.6 is 33.9 Å². The van der Waals surface area contributed by atoms with E-state index in [-0.39, 0.29) is 25.4 Å². The third-order valence-electron chi connectivity index (χ3n) is 2.48. The van der Waals surface area contributed by atoms with Gasteiger partial charge < -0.3 is 10.0 Å². The van der Waals surface area contributed by atoms with Gasteiger partial charge in [0.15, 0.2) is 0 Å². The lowest BCUT2D eigenvalue weighted by Gasteiger charge is -2.45. The summed E-state index contributed by atoms with van der Waals surface area (Å²) in [7, 11) is 0. The molecule has 0 unspecified atom stereocenters.